The van der Waals surface area contributed by atoms with E-state index in [2.05, 4.69) is 9.72 Å². The Morgan fingerprint density at radius 2 is 1.79 bits per heavy atom. The number of fused-ring (bicyclic) bond motifs is 1. The molecule has 0 radical (unpaired) electrons. The number of hydrogen-bond acceptors (Lipinski definition) is 3. The van der Waals surface area contributed by atoms with Crippen molar-refractivity contribution >= 4 is 11.0 Å². The lowest BCUT2D eigenvalue weighted by Crippen LogP contribution is -2.26. The largest absolute Gasteiger partial charge is 0.361 e. The monoisotopic (exact) mass is 471 g/mol. The molecule has 3 heterocycles. The highest BCUT2D eigenvalue weighted by molar-refractivity contribution is 5.95. The van der Waals surface area contributed by atoms with E-state index in [1.807, 2.05) is 26.1 Å². The summed E-state index contributed by atoms with van der Waals surface area (Å²) >= 11 is 0. The van der Waals surface area contributed by atoms with Crippen LogP contribution < -0.4 is 0 Å². The highest BCUT2D eigenvalue weighted by Gasteiger charge is 2.35. The summed E-state index contributed by atoms with van der Waals surface area (Å²) in [5, 5.41) is 4.04. The number of nitrogens with zero attached hydrogens (tertiary/aromatic N) is 3. The van der Waals surface area contributed by atoms with Crippen LogP contribution in [0.1, 0.15) is 49.1 Å². The minimum atomic E-state index is -2.58. The molecule has 0 aliphatic heterocycles. The topological polar surface area (TPSA) is 43.9 Å². The fourth-order valence-electron chi connectivity index (χ4n) is 4.93. The molecule has 1 aliphatic carbocycles. The second kappa shape index (κ2) is 8.56. The predicted molar refractivity (Wildman–Crippen MR) is 122 cm³/mol. The van der Waals surface area contributed by atoms with Gasteiger partial charge >= 0.3 is 0 Å². The number of halogens is 4. The molecule has 4 aromatic rings. The summed E-state index contributed by atoms with van der Waals surface area (Å²) in [5.74, 6) is -1.76. The number of rotatable bonds is 5. The highest BCUT2D eigenvalue weighted by Crippen LogP contribution is 2.39. The first-order valence-electron chi connectivity index (χ1n) is 11.4. The van der Waals surface area contributed by atoms with Gasteiger partial charge in [0.15, 0.2) is 0 Å². The Morgan fingerprint density at radius 1 is 1.09 bits per heavy atom. The van der Waals surface area contributed by atoms with Crippen molar-refractivity contribution in [3.8, 4) is 22.3 Å². The molecule has 0 bridgehead atoms. The molecule has 0 saturated heterocycles. The van der Waals surface area contributed by atoms with Gasteiger partial charge in [-0.15, -0.1) is 0 Å². The van der Waals surface area contributed by atoms with Crippen LogP contribution in [0.3, 0.4) is 0 Å². The van der Waals surface area contributed by atoms with Crippen molar-refractivity contribution in [1.29, 1.82) is 0 Å². The van der Waals surface area contributed by atoms with Gasteiger partial charge in [-0.2, -0.15) is 0 Å². The quantitative estimate of drug-likeness (QED) is 0.280. The summed E-state index contributed by atoms with van der Waals surface area (Å²) in [7, 11) is 0. The zero-order valence-electron chi connectivity index (χ0n) is 19.0. The van der Waals surface area contributed by atoms with E-state index < -0.39 is 12.3 Å². The van der Waals surface area contributed by atoms with Crippen molar-refractivity contribution in [1.82, 2.24) is 14.7 Å². The van der Waals surface area contributed by atoms with Gasteiger partial charge in [0, 0.05) is 54.0 Å². The van der Waals surface area contributed by atoms with Crippen molar-refractivity contribution in [2.75, 3.05) is 0 Å². The fourth-order valence-corrected chi connectivity index (χ4v) is 4.93. The van der Waals surface area contributed by atoms with Crippen molar-refractivity contribution in [2.24, 2.45) is 5.92 Å². The lowest BCUT2D eigenvalue weighted by Gasteiger charge is -2.28. The summed E-state index contributed by atoms with van der Waals surface area (Å²) in [6.45, 7) is 4.30. The van der Waals surface area contributed by atoms with Gasteiger partial charge in [0.2, 0.25) is 5.92 Å². The molecule has 34 heavy (non-hydrogen) atoms. The van der Waals surface area contributed by atoms with Gasteiger partial charge in [-0.25, -0.2) is 17.6 Å². The summed E-state index contributed by atoms with van der Waals surface area (Å²) in [6.07, 6.45) is 1.92. The third-order valence-electron chi connectivity index (χ3n) is 6.80. The van der Waals surface area contributed by atoms with E-state index >= 15 is 0 Å². The van der Waals surface area contributed by atoms with E-state index in [0.29, 0.717) is 25.1 Å². The third kappa shape index (κ3) is 4.21. The second-order valence-corrected chi connectivity index (χ2v) is 9.21. The lowest BCUT2D eigenvalue weighted by atomic mass is 9.87. The zero-order valence-corrected chi connectivity index (χ0v) is 19.0. The number of benzene rings is 1. The molecule has 178 valence electrons. The maximum Gasteiger partial charge on any atom is 0.263 e. The van der Waals surface area contributed by atoms with Gasteiger partial charge in [0.1, 0.15) is 5.76 Å². The van der Waals surface area contributed by atoms with Crippen LogP contribution >= 0.6 is 0 Å². The molecule has 8 heteroatoms. The van der Waals surface area contributed by atoms with E-state index in [9.17, 15) is 17.6 Å². The summed E-state index contributed by atoms with van der Waals surface area (Å²) in [6, 6.07) is 8.20. The Bertz CT molecular complexity index is 1290. The number of hydrogen-bond donors (Lipinski definition) is 0. The van der Waals surface area contributed by atoms with Crippen LogP contribution in [-0.2, 0) is 6.54 Å². The Hall–Kier alpha value is -3.16. The molecular weight excluding hydrogens is 446 g/mol. The first-order chi connectivity index (χ1) is 16.2. The molecule has 0 spiro atoms. The van der Waals surface area contributed by atoms with Crippen molar-refractivity contribution < 1.29 is 22.1 Å². The molecule has 0 atom stereocenters. The van der Waals surface area contributed by atoms with Crippen LogP contribution in [0.2, 0.25) is 0 Å². The van der Waals surface area contributed by atoms with Crippen molar-refractivity contribution in [3.63, 3.8) is 0 Å². The second-order valence-electron chi connectivity index (χ2n) is 9.21. The third-order valence-corrected chi connectivity index (χ3v) is 6.80. The summed E-state index contributed by atoms with van der Waals surface area (Å²) in [5.41, 5.74) is 5.66. The number of aryl methyl sites for hydroxylation is 2. The SMILES string of the molecule is Cc1noc(C)c1-c1cnc2c(-c3ccc(C(F)F)cc3)cn(CC3CCC(F)(F)CC3)c2c1. The molecule has 1 aliphatic rings. The number of pyridine rings is 1. The van der Waals surface area contributed by atoms with Crippen LogP contribution in [-0.4, -0.2) is 20.6 Å². The first-order valence-corrected chi connectivity index (χ1v) is 11.4. The molecule has 0 unspecified atom stereocenters. The molecule has 4 nitrogen and oxygen atoms in total. The van der Waals surface area contributed by atoms with Crippen LogP contribution in [0.4, 0.5) is 17.6 Å². The van der Waals surface area contributed by atoms with Gasteiger partial charge in [-0.1, -0.05) is 29.4 Å². The maximum atomic E-state index is 13.7. The van der Waals surface area contributed by atoms with Gasteiger partial charge in [-0.05, 0) is 44.2 Å². The fraction of sp³-hybridized carbons (Fsp3) is 0.385. The standard InChI is InChI=1S/C26H25F4N3O/c1-15-23(16(2)34-32-15)20-11-22-24(31-12-20)21(18-3-5-19(6-4-18)25(27)28)14-33(22)13-17-7-9-26(29,30)10-8-17/h3-6,11-12,14,17,25H,7-10,13H2,1-2H3. The predicted octanol–water partition coefficient (Wildman–Crippen LogP) is 7.74. The van der Waals surface area contributed by atoms with Crippen LogP contribution in [0.25, 0.3) is 33.3 Å². The molecule has 1 fully saturated rings. The maximum absolute atomic E-state index is 13.7. The van der Waals surface area contributed by atoms with E-state index in [0.717, 1.165) is 39.0 Å². The van der Waals surface area contributed by atoms with E-state index in [1.54, 1.807) is 18.3 Å². The Kier molecular flexibility index (Phi) is 5.70. The van der Waals surface area contributed by atoms with Crippen LogP contribution in [0, 0.1) is 19.8 Å². The van der Waals surface area contributed by atoms with Crippen molar-refractivity contribution in [2.45, 2.75) is 58.4 Å². The molecule has 0 N–H and O–H groups in total. The van der Waals surface area contributed by atoms with Crippen molar-refractivity contribution in [3.05, 3.63) is 59.7 Å². The molecule has 5 rings (SSSR count). The van der Waals surface area contributed by atoms with E-state index in [4.69, 9.17) is 9.51 Å². The number of aromatic nitrogens is 3. The van der Waals surface area contributed by atoms with Crippen LogP contribution in [0.15, 0.2) is 47.2 Å². The van der Waals surface area contributed by atoms with Crippen LogP contribution in [0.5, 0.6) is 0 Å². The minimum Gasteiger partial charge on any atom is -0.361 e. The minimum absolute atomic E-state index is 0.0377. The summed E-state index contributed by atoms with van der Waals surface area (Å²) < 4.78 is 60.8. The van der Waals surface area contributed by atoms with Gasteiger partial charge in [-0.3, -0.25) is 4.98 Å². The normalized spacial score (nSPS) is 16.6. The Labute approximate surface area is 194 Å². The van der Waals surface area contributed by atoms with Gasteiger partial charge < -0.3 is 9.09 Å². The molecule has 0 amide bonds. The van der Waals surface area contributed by atoms with E-state index in [-0.39, 0.29) is 24.3 Å². The first kappa shape index (κ1) is 22.6. The summed E-state index contributed by atoms with van der Waals surface area (Å²) in [4.78, 5) is 4.73. The molecular formula is C26H25F4N3O. The van der Waals surface area contributed by atoms with Gasteiger partial charge in [0.05, 0.1) is 16.7 Å². The zero-order chi connectivity index (χ0) is 24.0. The molecule has 1 saturated carbocycles. The smallest absolute Gasteiger partial charge is 0.263 e. The average molecular weight is 471 g/mol. The molecule has 3 aromatic heterocycles. The van der Waals surface area contributed by atoms with Gasteiger partial charge in [0.25, 0.3) is 6.43 Å². The molecule has 1 aromatic carbocycles. The Morgan fingerprint density at radius 3 is 2.41 bits per heavy atom. The highest BCUT2D eigenvalue weighted by atomic mass is 19.3. The lowest BCUT2D eigenvalue weighted by molar-refractivity contribution is -0.0472. The average Bonchev–Trinajstić information content (AvgIpc) is 3.34. The van der Waals surface area contributed by atoms with E-state index in [1.165, 1.54) is 12.1 Å². The number of alkyl halides is 4. The Balaban J connectivity index is 1.58.